The molecule has 13 heavy (non-hydrogen) atoms. The van der Waals surface area contributed by atoms with Crippen LogP contribution < -0.4 is 5.73 Å². The topological polar surface area (TPSA) is 38.9 Å². The average molecular weight is 271 g/mol. The summed E-state index contributed by atoms with van der Waals surface area (Å²) in [6.45, 7) is 0. The summed E-state index contributed by atoms with van der Waals surface area (Å²) in [4.78, 5) is 3.52. The molecule has 6 heteroatoms. The molecule has 0 radical (unpaired) electrons. The molecule has 0 spiro atoms. The first-order valence-corrected chi connectivity index (χ1v) is 4.68. The minimum absolute atomic E-state index is 0.0203. The Bertz CT molecular complexity index is 320. The van der Waals surface area contributed by atoms with Gasteiger partial charge in [-0.05, 0) is 6.07 Å². The van der Waals surface area contributed by atoms with Crippen LogP contribution in [-0.4, -0.2) is 4.98 Å². The van der Waals surface area contributed by atoms with Crippen LogP contribution in [0.15, 0.2) is 10.5 Å². The van der Waals surface area contributed by atoms with Crippen LogP contribution in [0.3, 0.4) is 0 Å². The number of hydrogen-bond donors (Lipinski definition) is 1. The van der Waals surface area contributed by atoms with E-state index in [1.54, 1.807) is 0 Å². The molecule has 1 aromatic rings. The van der Waals surface area contributed by atoms with Crippen molar-refractivity contribution in [1.29, 1.82) is 0 Å². The second-order valence-corrected chi connectivity index (χ2v) is 3.45. The van der Waals surface area contributed by atoms with Gasteiger partial charge in [-0.3, -0.25) is 0 Å². The number of pyridine rings is 1. The van der Waals surface area contributed by atoms with Crippen LogP contribution in [0.25, 0.3) is 0 Å². The Balaban J connectivity index is 3.29. The highest BCUT2D eigenvalue weighted by atomic mass is 79.9. The van der Waals surface area contributed by atoms with Crippen molar-refractivity contribution in [2.45, 2.75) is 12.3 Å². The van der Waals surface area contributed by atoms with E-state index in [1.807, 2.05) is 0 Å². The molecule has 0 aliphatic heterocycles. The zero-order valence-electron chi connectivity index (χ0n) is 6.40. The number of nitrogens with zero attached hydrogens (tertiary/aromatic N) is 1. The molecule has 0 aliphatic rings. The normalized spacial score (nSPS) is 10.8. The van der Waals surface area contributed by atoms with E-state index in [1.165, 1.54) is 6.07 Å². The molecular formula is C7H6BrClF2N2. The number of rotatable bonds is 2. The van der Waals surface area contributed by atoms with Crippen molar-refractivity contribution in [3.8, 4) is 0 Å². The molecule has 0 aromatic carbocycles. The van der Waals surface area contributed by atoms with E-state index < -0.39 is 6.43 Å². The van der Waals surface area contributed by atoms with Gasteiger partial charge in [0, 0.05) is 10.0 Å². The fraction of sp³-hybridized carbons (Fsp3) is 0.286. The van der Waals surface area contributed by atoms with Crippen LogP contribution in [0.5, 0.6) is 0 Å². The fourth-order valence-corrected chi connectivity index (χ4v) is 1.91. The highest BCUT2D eigenvalue weighted by Gasteiger charge is 2.17. The van der Waals surface area contributed by atoms with Gasteiger partial charge in [-0.15, -0.1) is 11.6 Å². The largest absolute Gasteiger partial charge is 0.384 e. The van der Waals surface area contributed by atoms with E-state index in [4.69, 9.17) is 17.3 Å². The summed E-state index contributed by atoms with van der Waals surface area (Å²) in [5.74, 6) is 0.0316. The predicted octanol–water partition coefficient (Wildman–Crippen LogP) is 3.10. The fourth-order valence-electron chi connectivity index (χ4n) is 0.891. The van der Waals surface area contributed by atoms with E-state index in [0.29, 0.717) is 4.47 Å². The maximum absolute atomic E-state index is 12.4. The third kappa shape index (κ3) is 2.28. The molecule has 0 atom stereocenters. The minimum Gasteiger partial charge on any atom is -0.384 e. The van der Waals surface area contributed by atoms with Crippen molar-refractivity contribution in [3.05, 3.63) is 21.8 Å². The monoisotopic (exact) mass is 270 g/mol. The molecule has 0 saturated heterocycles. The molecule has 1 rings (SSSR count). The Morgan fingerprint density at radius 3 is 2.69 bits per heavy atom. The predicted molar refractivity (Wildman–Crippen MR) is 50.9 cm³/mol. The van der Waals surface area contributed by atoms with Gasteiger partial charge in [0.1, 0.15) is 11.5 Å². The molecular weight excluding hydrogens is 265 g/mol. The van der Waals surface area contributed by atoms with Crippen LogP contribution in [0, 0.1) is 0 Å². The summed E-state index contributed by atoms with van der Waals surface area (Å²) < 4.78 is 25.2. The number of alkyl halides is 3. The molecule has 0 aliphatic carbocycles. The third-order valence-corrected chi connectivity index (χ3v) is 2.44. The lowest BCUT2D eigenvalue weighted by atomic mass is 10.2. The summed E-state index contributed by atoms with van der Waals surface area (Å²) in [7, 11) is 0. The molecule has 2 N–H and O–H groups in total. The molecule has 0 fully saturated rings. The maximum Gasteiger partial charge on any atom is 0.280 e. The van der Waals surface area contributed by atoms with E-state index in [-0.39, 0.29) is 23.0 Å². The number of anilines is 1. The Morgan fingerprint density at radius 1 is 1.62 bits per heavy atom. The molecule has 0 unspecified atom stereocenters. The van der Waals surface area contributed by atoms with Gasteiger partial charge in [0.25, 0.3) is 6.43 Å². The van der Waals surface area contributed by atoms with Gasteiger partial charge in [-0.1, -0.05) is 15.9 Å². The van der Waals surface area contributed by atoms with Gasteiger partial charge in [0.05, 0.1) is 5.88 Å². The first-order valence-electron chi connectivity index (χ1n) is 3.35. The lowest BCUT2D eigenvalue weighted by Gasteiger charge is -2.08. The molecule has 0 bridgehead atoms. The highest BCUT2D eigenvalue weighted by Crippen LogP contribution is 2.29. The lowest BCUT2D eigenvalue weighted by Crippen LogP contribution is -2.01. The Labute approximate surface area is 87.2 Å². The minimum atomic E-state index is -2.66. The van der Waals surface area contributed by atoms with Crippen molar-refractivity contribution in [2.24, 2.45) is 0 Å². The van der Waals surface area contributed by atoms with E-state index in [0.717, 1.165) is 0 Å². The van der Waals surface area contributed by atoms with Crippen molar-refractivity contribution < 1.29 is 8.78 Å². The van der Waals surface area contributed by atoms with Crippen molar-refractivity contribution >= 4 is 33.3 Å². The number of nitrogens with two attached hydrogens (primary N) is 1. The van der Waals surface area contributed by atoms with Gasteiger partial charge >= 0.3 is 0 Å². The number of nitrogen functional groups attached to an aromatic ring is 1. The summed E-state index contributed by atoms with van der Waals surface area (Å²) >= 11 is 8.58. The third-order valence-electron chi connectivity index (χ3n) is 1.46. The molecule has 0 saturated carbocycles. The zero-order valence-corrected chi connectivity index (χ0v) is 8.74. The van der Waals surface area contributed by atoms with Crippen LogP contribution in [0.4, 0.5) is 14.6 Å². The Kier molecular flexibility index (Phi) is 3.44. The van der Waals surface area contributed by atoms with Crippen LogP contribution in [0.2, 0.25) is 0 Å². The second kappa shape index (κ2) is 4.19. The smallest absolute Gasteiger partial charge is 0.280 e. The lowest BCUT2D eigenvalue weighted by molar-refractivity contribution is 0.145. The van der Waals surface area contributed by atoms with E-state index in [9.17, 15) is 8.78 Å². The molecule has 0 amide bonds. The molecule has 1 aromatic heterocycles. The summed E-state index contributed by atoms with van der Waals surface area (Å²) in [6.07, 6.45) is -2.66. The van der Waals surface area contributed by atoms with Crippen LogP contribution in [0.1, 0.15) is 17.7 Å². The first kappa shape index (κ1) is 10.7. The van der Waals surface area contributed by atoms with Gasteiger partial charge in [-0.2, -0.15) is 0 Å². The van der Waals surface area contributed by atoms with Gasteiger partial charge < -0.3 is 5.73 Å². The Morgan fingerprint density at radius 2 is 2.23 bits per heavy atom. The SMILES string of the molecule is Nc1cc(Br)c(CCl)c(C(F)F)n1. The number of aromatic nitrogens is 1. The van der Waals surface area contributed by atoms with Crippen LogP contribution in [-0.2, 0) is 5.88 Å². The summed E-state index contributed by atoms with van der Waals surface area (Å²) in [5.41, 5.74) is 5.23. The quantitative estimate of drug-likeness (QED) is 0.840. The van der Waals surface area contributed by atoms with Crippen molar-refractivity contribution in [2.75, 3.05) is 5.73 Å². The van der Waals surface area contributed by atoms with E-state index >= 15 is 0 Å². The number of hydrogen-bond acceptors (Lipinski definition) is 2. The van der Waals surface area contributed by atoms with Crippen molar-refractivity contribution in [3.63, 3.8) is 0 Å². The second-order valence-electron chi connectivity index (χ2n) is 2.33. The first-order chi connectivity index (χ1) is 6.06. The maximum atomic E-state index is 12.4. The van der Waals surface area contributed by atoms with Gasteiger partial charge in [-0.25, -0.2) is 13.8 Å². The van der Waals surface area contributed by atoms with E-state index in [2.05, 4.69) is 20.9 Å². The number of halogens is 4. The molecule has 1 heterocycles. The standard InChI is InChI=1S/C7H6BrClF2N2/c8-4-1-5(12)13-6(7(10)11)3(4)2-9/h1,7H,2H2,(H2,12,13). The summed E-state index contributed by atoms with van der Waals surface area (Å²) in [5, 5.41) is 0. The molecule has 2 nitrogen and oxygen atoms in total. The van der Waals surface area contributed by atoms with Gasteiger partial charge in [0.15, 0.2) is 0 Å². The highest BCUT2D eigenvalue weighted by molar-refractivity contribution is 9.10. The Hall–Kier alpha value is -0.420. The van der Waals surface area contributed by atoms with Crippen molar-refractivity contribution in [1.82, 2.24) is 4.98 Å². The zero-order chi connectivity index (χ0) is 10.0. The average Bonchev–Trinajstić information content (AvgIpc) is 2.02. The summed E-state index contributed by atoms with van der Waals surface area (Å²) in [6, 6.07) is 1.45. The van der Waals surface area contributed by atoms with Gasteiger partial charge in [0.2, 0.25) is 0 Å². The molecule has 72 valence electrons. The van der Waals surface area contributed by atoms with Crippen LogP contribution >= 0.6 is 27.5 Å².